The quantitative estimate of drug-likeness (QED) is 0.850. The van der Waals surface area contributed by atoms with Crippen LogP contribution in [0.3, 0.4) is 0 Å². The Morgan fingerprint density at radius 3 is 2.33 bits per heavy atom. The molecule has 0 aromatic heterocycles. The summed E-state index contributed by atoms with van der Waals surface area (Å²) in [6, 6.07) is 6.37. The van der Waals surface area contributed by atoms with Gasteiger partial charge in [-0.1, -0.05) is 12.8 Å². The van der Waals surface area contributed by atoms with Crippen LogP contribution in [-0.2, 0) is 10.0 Å². The SMILES string of the molecule is CN(CC1CCCC1)S(=O)(=O)c1ccc(N)cc1. The van der Waals surface area contributed by atoms with E-state index in [1.165, 1.54) is 17.1 Å². The van der Waals surface area contributed by atoms with Crippen molar-refractivity contribution in [3.8, 4) is 0 Å². The van der Waals surface area contributed by atoms with Crippen molar-refractivity contribution in [1.29, 1.82) is 0 Å². The number of nitrogens with zero attached hydrogens (tertiary/aromatic N) is 1. The molecule has 0 amide bonds. The number of nitrogens with two attached hydrogens (primary N) is 1. The van der Waals surface area contributed by atoms with Crippen LogP contribution in [0.4, 0.5) is 5.69 Å². The van der Waals surface area contributed by atoms with Crippen molar-refractivity contribution in [3.05, 3.63) is 24.3 Å². The molecule has 1 aromatic carbocycles. The molecule has 2 rings (SSSR count). The van der Waals surface area contributed by atoms with Gasteiger partial charge in [0.1, 0.15) is 0 Å². The van der Waals surface area contributed by atoms with Crippen LogP contribution in [0.25, 0.3) is 0 Å². The standard InChI is InChI=1S/C13H20N2O2S/c1-15(10-11-4-2-3-5-11)18(16,17)13-8-6-12(14)7-9-13/h6-9,11H,2-5,10,14H2,1H3. The van der Waals surface area contributed by atoms with Crippen LogP contribution in [-0.4, -0.2) is 26.3 Å². The van der Waals surface area contributed by atoms with E-state index < -0.39 is 10.0 Å². The van der Waals surface area contributed by atoms with Crippen LogP contribution < -0.4 is 5.73 Å². The van der Waals surface area contributed by atoms with Crippen LogP contribution in [0.15, 0.2) is 29.2 Å². The lowest BCUT2D eigenvalue weighted by Gasteiger charge is -2.20. The minimum absolute atomic E-state index is 0.317. The van der Waals surface area contributed by atoms with Crippen LogP contribution >= 0.6 is 0 Å². The first-order chi connectivity index (χ1) is 8.50. The zero-order valence-electron chi connectivity index (χ0n) is 10.7. The Bertz CT molecular complexity index is 490. The van der Waals surface area contributed by atoms with Gasteiger partial charge in [-0.25, -0.2) is 12.7 Å². The fraction of sp³-hybridized carbons (Fsp3) is 0.538. The van der Waals surface area contributed by atoms with Crippen molar-refractivity contribution >= 4 is 15.7 Å². The Morgan fingerprint density at radius 1 is 1.22 bits per heavy atom. The van der Waals surface area contributed by atoms with Gasteiger partial charge in [-0.05, 0) is 43.0 Å². The van der Waals surface area contributed by atoms with Gasteiger partial charge >= 0.3 is 0 Å². The molecule has 0 bridgehead atoms. The van der Waals surface area contributed by atoms with Crippen molar-refractivity contribution in [2.24, 2.45) is 5.92 Å². The molecule has 1 aliphatic rings. The topological polar surface area (TPSA) is 63.4 Å². The molecule has 1 aliphatic carbocycles. The largest absolute Gasteiger partial charge is 0.399 e. The first-order valence-electron chi connectivity index (χ1n) is 6.32. The second-order valence-corrected chi connectivity index (χ2v) is 7.05. The summed E-state index contributed by atoms with van der Waals surface area (Å²) >= 11 is 0. The maximum atomic E-state index is 12.3. The summed E-state index contributed by atoms with van der Waals surface area (Å²) in [5.41, 5.74) is 6.15. The Hall–Kier alpha value is -1.07. The van der Waals surface area contributed by atoms with Crippen molar-refractivity contribution in [2.75, 3.05) is 19.3 Å². The molecule has 0 unspecified atom stereocenters. The molecule has 5 heteroatoms. The smallest absolute Gasteiger partial charge is 0.242 e. The fourth-order valence-electron chi connectivity index (χ4n) is 2.47. The van der Waals surface area contributed by atoms with Gasteiger partial charge < -0.3 is 5.73 Å². The van der Waals surface area contributed by atoms with Crippen molar-refractivity contribution < 1.29 is 8.42 Å². The monoisotopic (exact) mass is 268 g/mol. The number of anilines is 1. The van der Waals surface area contributed by atoms with Gasteiger partial charge in [-0.3, -0.25) is 0 Å². The highest BCUT2D eigenvalue weighted by atomic mass is 32.2. The molecule has 1 aromatic rings. The Balaban J connectivity index is 2.11. The van der Waals surface area contributed by atoms with Crippen molar-refractivity contribution in [3.63, 3.8) is 0 Å². The summed E-state index contributed by atoms with van der Waals surface area (Å²) in [5.74, 6) is 0.513. The summed E-state index contributed by atoms with van der Waals surface area (Å²) in [6.45, 7) is 0.618. The minimum atomic E-state index is -3.37. The van der Waals surface area contributed by atoms with Crippen molar-refractivity contribution in [1.82, 2.24) is 4.31 Å². The lowest BCUT2D eigenvalue weighted by Crippen LogP contribution is -2.31. The molecule has 0 saturated heterocycles. The molecule has 2 N–H and O–H groups in total. The van der Waals surface area contributed by atoms with E-state index in [1.807, 2.05) is 0 Å². The number of rotatable bonds is 4. The van der Waals surface area contributed by atoms with E-state index in [1.54, 1.807) is 31.3 Å². The number of sulfonamides is 1. The lowest BCUT2D eigenvalue weighted by molar-refractivity contribution is 0.387. The van der Waals surface area contributed by atoms with E-state index in [2.05, 4.69) is 0 Å². The summed E-state index contributed by atoms with van der Waals surface area (Å²) in [6.07, 6.45) is 4.73. The number of hydrogen-bond donors (Lipinski definition) is 1. The molecular formula is C13H20N2O2S. The van der Waals surface area contributed by atoms with Gasteiger partial charge in [0.25, 0.3) is 0 Å². The molecular weight excluding hydrogens is 248 g/mol. The summed E-state index contributed by atoms with van der Waals surface area (Å²) in [7, 11) is -1.71. The molecule has 1 fully saturated rings. The first kappa shape index (κ1) is 13.4. The highest BCUT2D eigenvalue weighted by Gasteiger charge is 2.25. The third kappa shape index (κ3) is 2.84. The van der Waals surface area contributed by atoms with Gasteiger partial charge in [0.05, 0.1) is 4.90 Å². The van der Waals surface area contributed by atoms with E-state index in [-0.39, 0.29) is 0 Å². The Labute approximate surface area is 109 Å². The molecule has 0 spiro atoms. The fourth-order valence-corrected chi connectivity index (χ4v) is 3.72. The first-order valence-corrected chi connectivity index (χ1v) is 7.76. The Kier molecular flexibility index (Phi) is 3.92. The van der Waals surface area contributed by atoms with E-state index in [0.717, 1.165) is 12.8 Å². The minimum Gasteiger partial charge on any atom is -0.399 e. The van der Waals surface area contributed by atoms with E-state index in [9.17, 15) is 8.42 Å². The lowest BCUT2D eigenvalue weighted by atomic mass is 10.1. The van der Waals surface area contributed by atoms with Gasteiger partial charge in [0.2, 0.25) is 10.0 Å². The third-order valence-electron chi connectivity index (χ3n) is 3.58. The van der Waals surface area contributed by atoms with Crippen LogP contribution in [0.1, 0.15) is 25.7 Å². The zero-order valence-corrected chi connectivity index (χ0v) is 11.5. The predicted octanol–water partition coefficient (Wildman–Crippen LogP) is 2.08. The molecule has 4 nitrogen and oxygen atoms in total. The molecule has 0 atom stereocenters. The molecule has 0 radical (unpaired) electrons. The maximum Gasteiger partial charge on any atom is 0.242 e. The van der Waals surface area contributed by atoms with Gasteiger partial charge in [0, 0.05) is 19.3 Å². The van der Waals surface area contributed by atoms with E-state index in [4.69, 9.17) is 5.73 Å². The van der Waals surface area contributed by atoms with Crippen LogP contribution in [0, 0.1) is 5.92 Å². The van der Waals surface area contributed by atoms with Gasteiger partial charge in [0.15, 0.2) is 0 Å². The molecule has 1 saturated carbocycles. The van der Waals surface area contributed by atoms with Crippen LogP contribution in [0.5, 0.6) is 0 Å². The Morgan fingerprint density at radius 2 is 1.78 bits per heavy atom. The predicted molar refractivity (Wildman–Crippen MR) is 72.6 cm³/mol. The third-order valence-corrected chi connectivity index (χ3v) is 5.42. The average molecular weight is 268 g/mol. The number of hydrogen-bond acceptors (Lipinski definition) is 3. The zero-order chi connectivity index (χ0) is 13.2. The highest BCUT2D eigenvalue weighted by Crippen LogP contribution is 2.27. The maximum absolute atomic E-state index is 12.3. The second-order valence-electron chi connectivity index (χ2n) is 5.01. The van der Waals surface area contributed by atoms with E-state index in [0.29, 0.717) is 23.0 Å². The number of benzene rings is 1. The highest BCUT2D eigenvalue weighted by molar-refractivity contribution is 7.89. The van der Waals surface area contributed by atoms with Gasteiger partial charge in [-0.2, -0.15) is 0 Å². The van der Waals surface area contributed by atoms with Crippen molar-refractivity contribution in [2.45, 2.75) is 30.6 Å². The average Bonchev–Trinajstić information content (AvgIpc) is 2.82. The van der Waals surface area contributed by atoms with E-state index >= 15 is 0 Å². The second kappa shape index (κ2) is 5.28. The van der Waals surface area contributed by atoms with Gasteiger partial charge in [-0.15, -0.1) is 0 Å². The molecule has 18 heavy (non-hydrogen) atoms. The molecule has 0 aliphatic heterocycles. The normalized spacial score (nSPS) is 17.4. The van der Waals surface area contributed by atoms with Crippen LogP contribution in [0.2, 0.25) is 0 Å². The molecule has 100 valence electrons. The summed E-state index contributed by atoms with van der Waals surface area (Å²) in [4.78, 5) is 0.317. The summed E-state index contributed by atoms with van der Waals surface area (Å²) in [5, 5.41) is 0. The number of nitrogen functional groups attached to an aromatic ring is 1. The molecule has 0 heterocycles. The summed E-state index contributed by atoms with van der Waals surface area (Å²) < 4.78 is 26.1.